The van der Waals surface area contributed by atoms with Crippen molar-refractivity contribution in [1.82, 2.24) is 0 Å². The molecule has 0 saturated heterocycles. The molecule has 2 nitrogen and oxygen atoms in total. The third kappa shape index (κ3) is 3.20. The van der Waals surface area contributed by atoms with Crippen LogP contribution in [0.3, 0.4) is 0 Å². The Bertz CT molecular complexity index is 584. The average Bonchev–Trinajstić information content (AvgIpc) is 2.35. The van der Waals surface area contributed by atoms with E-state index in [0.717, 1.165) is 5.56 Å². The van der Waals surface area contributed by atoms with E-state index in [1.165, 1.54) is 17.7 Å². The molecular weight excluding hydrogens is 224 g/mol. The summed E-state index contributed by atoms with van der Waals surface area (Å²) in [6.45, 7) is 3.26. The van der Waals surface area contributed by atoms with Crippen molar-refractivity contribution in [3.8, 4) is 0 Å². The molecule has 0 aliphatic carbocycles. The molecule has 0 radical (unpaired) electrons. The highest BCUT2D eigenvalue weighted by Crippen LogP contribution is 2.16. The Balaban J connectivity index is 2.16. The molecule has 1 atom stereocenters. The lowest BCUT2D eigenvalue weighted by molar-refractivity contribution is -0.143. The van der Waals surface area contributed by atoms with Gasteiger partial charge in [0.25, 0.3) is 0 Å². The first-order valence-corrected chi connectivity index (χ1v) is 5.99. The molecule has 0 aliphatic rings. The monoisotopic (exact) mass is 240 g/mol. The molecule has 0 unspecified atom stereocenters. The van der Waals surface area contributed by atoms with Gasteiger partial charge in [-0.3, -0.25) is 4.79 Å². The van der Waals surface area contributed by atoms with E-state index in [2.05, 4.69) is 30.3 Å². The lowest BCUT2D eigenvalue weighted by Crippen LogP contribution is -2.08. The van der Waals surface area contributed by atoms with Gasteiger partial charge in [-0.15, -0.1) is 0 Å². The number of carbonyl (C=O) groups excluding carboxylic acids is 1. The summed E-state index contributed by atoms with van der Waals surface area (Å²) in [6.07, 6.45) is 3.65. The molecule has 0 heterocycles. The van der Waals surface area contributed by atoms with E-state index in [1.807, 2.05) is 31.2 Å². The van der Waals surface area contributed by atoms with Crippen molar-refractivity contribution in [3.63, 3.8) is 0 Å². The maximum Gasteiger partial charge on any atom is 0.303 e. The van der Waals surface area contributed by atoms with E-state index < -0.39 is 0 Å². The summed E-state index contributed by atoms with van der Waals surface area (Å²) in [6, 6.07) is 14.5. The molecule has 0 fully saturated rings. The maximum atomic E-state index is 10.8. The van der Waals surface area contributed by atoms with Crippen LogP contribution < -0.4 is 0 Å². The minimum absolute atomic E-state index is 0.200. The SMILES string of the molecule is CC(=O)O[C@H](C)/C=C/c1ccc2ccccc2c1. The Morgan fingerprint density at radius 2 is 1.89 bits per heavy atom. The molecule has 0 aromatic heterocycles. The van der Waals surface area contributed by atoms with Crippen LogP contribution in [0, 0.1) is 0 Å². The highest BCUT2D eigenvalue weighted by atomic mass is 16.5. The highest BCUT2D eigenvalue weighted by Gasteiger charge is 2.00. The van der Waals surface area contributed by atoms with Gasteiger partial charge in [-0.05, 0) is 35.4 Å². The van der Waals surface area contributed by atoms with Crippen LogP contribution in [-0.2, 0) is 9.53 Å². The zero-order valence-electron chi connectivity index (χ0n) is 10.6. The fourth-order valence-electron chi connectivity index (χ4n) is 1.86. The maximum absolute atomic E-state index is 10.8. The number of rotatable bonds is 3. The number of hydrogen-bond donors (Lipinski definition) is 0. The highest BCUT2D eigenvalue weighted by molar-refractivity contribution is 5.84. The van der Waals surface area contributed by atoms with Crippen molar-refractivity contribution >= 4 is 22.8 Å². The Hall–Kier alpha value is -2.09. The molecule has 0 bridgehead atoms. The van der Waals surface area contributed by atoms with Crippen molar-refractivity contribution < 1.29 is 9.53 Å². The van der Waals surface area contributed by atoms with Gasteiger partial charge in [-0.1, -0.05) is 42.5 Å². The van der Waals surface area contributed by atoms with Crippen LogP contribution in [0.4, 0.5) is 0 Å². The second-order valence-corrected chi connectivity index (χ2v) is 4.28. The van der Waals surface area contributed by atoms with E-state index in [4.69, 9.17) is 4.74 Å². The number of benzene rings is 2. The summed E-state index contributed by atoms with van der Waals surface area (Å²) in [7, 11) is 0. The molecule has 0 aliphatic heterocycles. The number of fused-ring (bicyclic) bond motifs is 1. The van der Waals surface area contributed by atoms with Gasteiger partial charge in [0.2, 0.25) is 0 Å². The van der Waals surface area contributed by atoms with E-state index in [9.17, 15) is 4.79 Å². The van der Waals surface area contributed by atoms with Gasteiger partial charge in [0.1, 0.15) is 6.10 Å². The first kappa shape index (κ1) is 12.4. The third-order valence-electron chi connectivity index (χ3n) is 2.69. The van der Waals surface area contributed by atoms with Crippen LogP contribution in [-0.4, -0.2) is 12.1 Å². The molecule has 0 N–H and O–H groups in total. The number of esters is 1. The van der Waals surface area contributed by atoms with Crippen LogP contribution in [0.5, 0.6) is 0 Å². The fourth-order valence-corrected chi connectivity index (χ4v) is 1.86. The minimum atomic E-state index is -0.259. The molecule has 0 amide bonds. The first-order valence-electron chi connectivity index (χ1n) is 5.99. The first-order chi connectivity index (χ1) is 8.65. The number of hydrogen-bond acceptors (Lipinski definition) is 2. The van der Waals surface area contributed by atoms with Crippen molar-refractivity contribution in [2.24, 2.45) is 0 Å². The van der Waals surface area contributed by atoms with Gasteiger partial charge in [0.15, 0.2) is 0 Å². The zero-order chi connectivity index (χ0) is 13.0. The fraction of sp³-hybridized carbons (Fsp3) is 0.188. The quantitative estimate of drug-likeness (QED) is 0.763. The number of ether oxygens (including phenoxy) is 1. The predicted octanol–water partition coefficient (Wildman–Crippen LogP) is 3.80. The Morgan fingerprint density at radius 3 is 2.61 bits per heavy atom. The van der Waals surface area contributed by atoms with Crippen molar-refractivity contribution in [2.45, 2.75) is 20.0 Å². The van der Waals surface area contributed by atoms with Gasteiger partial charge < -0.3 is 4.74 Å². The van der Waals surface area contributed by atoms with Crippen LogP contribution in [0.25, 0.3) is 16.8 Å². The largest absolute Gasteiger partial charge is 0.459 e. The Kier molecular flexibility index (Phi) is 3.78. The van der Waals surface area contributed by atoms with Gasteiger partial charge in [0.05, 0.1) is 0 Å². The lowest BCUT2D eigenvalue weighted by atomic mass is 10.1. The van der Waals surface area contributed by atoms with E-state index >= 15 is 0 Å². The van der Waals surface area contributed by atoms with Crippen LogP contribution in [0.1, 0.15) is 19.4 Å². The summed E-state index contributed by atoms with van der Waals surface area (Å²) >= 11 is 0. The molecule has 2 aromatic rings. The summed E-state index contributed by atoms with van der Waals surface area (Å²) in [5, 5.41) is 2.43. The standard InChI is InChI=1S/C16H16O2/c1-12(18-13(2)17)7-8-14-9-10-15-5-3-4-6-16(15)11-14/h3-12H,1-2H3/b8-7+/t12-/m1/s1. The molecule has 2 heteroatoms. The van der Waals surface area contributed by atoms with Gasteiger partial charge in [0, 0.05) is 6.92 Å². The van der Waals surface area contributed by atoms with Gasteiger partial charge >= 0.3 is 5.97 Å². The smallest absolute Gasteiger partial charge is 0.303 e. The van der Waals surface area contributed by atoms with Crippen LogP contribution >= 0.6 is 0 Å². The van der Waals surface area contributed by atoms with Gasteiger partial charge in [-0.25, -0.2) is 0 Å². The van der Waals surface area contributed by atoms with E-state index in [0.29, 0.717) is 0 Å². The Labute approximate surface area is 107 Å². The average molecular weight is 240 g/mol. The summed E-state index contributed by atoms with van der Waals surface area (Å²) in [5.74, 6) is -0.259. The topological polar surface area (TPSA) is 26.3 Å². The third-order valence-corrected chi connectivity index (χ3v) is 2.69. The second-order valence-electron chi connectivity index (χ2n) is 4.28. The molecule has 0 saturated carbocycles. The van der Waals surface area contributed by atoms with E-state index in [-0.39, 0.29) is 12.1 Å². The molecule has 2 rings (SSSR count). The minimum Gasteiger partial charge on any atom is -0.459 e. The van der Waals surface area contributed by atoms with Gasteiger partial charge in [-0.2, -0.15) is 0 Å². The summed E-state index contributed by atoms with van der Waals surface area (Å²) < 4.78 is 5.03. The lowest BCUT2D eigenvalue weighted by Gasteiger charge is -2.06. The molecule has 92 valence electrons. The van der Waals surface area contributed by atoms with E-state index in [1.54, 1.807) is 0 Å². The predicted molar refractivity (Wildman–Crippen MR) is 74.2 cm³/mol. The molecule has 18 heavy (non-hydrogen) atoms. The molecule has 2 aromatic carbocycles. The zero-order valence-corrected chi connectivity index (χ0v) is 10.6. The summed E-state index contributed by atoms with van der Waals surface area (Å²) in [4.78, 5) is 10.8. The Morgan fingerprint density at radius 1 is 1.17 bits per heavy atom. The van der Waals surface area contributed by atoms with Crippen molar-refractivity contribution in [2.75, 3.05) is 0 Å². The van der Waals surface area contributed by atoms with Crippen molar-refractivity contribution in [3.05, 3.63) is 54.1 Å². The molecule has 0 spiro atoms. The normalized spacial score (nSPS) is 12.8. The second kappa shape index (κ2) is 5.50. The number of carbonyl (C=O) groups is 1. The van der Waals surface area contributed by atoms with Crippen LogP contribution in [0.2, 0.25) is 0 Å². The summed E-state index contributed by atoms with van der Waals surface area (Å²) in [5.41, 5.74) is 1.10. The van der Waals surface area contributed by atoms with Crippen molar-refractivity contribution in [1.29, 1.82) is 0 Å². The van der Waals surface area contributed by atoms with Crippen LogP contribution in [0.15, 0.2) is 48.5 Å². The molecular formula is C16H16O2.